The summed E-state index contributed by atoms with van der Waals surface area (Å²) in [7, 11) is 0. The number of aromatic nitrogens is 1. The lowest BCUT2D eigenvalue weighted by Gasteiger charge is -2.27. The number of allylic oxidation sites excluding steroid dienone is 2. The lowest BCUT2D eigenvalue weighted by Crippen LogP contribution is -2.32. The first-order valence-electron chi connectivity index (χ1n) is 9.22. The van der Waals surface area contributed by atoms with Crippen LogP contribution in [0.15, 0.2) is 18.0 Å². The molecule has 0 radical (unpaired) electrons. The Hall–Kier alpha value is -2.05. The van der Waals surface area contributed by atoms with Crippen molar-refractivity contribution in [1.29, 1.82) is 0 Å². The number of rotatable bonds is 3. The van der Waals surface area contributed by atoms with Crippen molar-refractivity contribution in [2.45, 2.75) is 60.1 Å². The van der Waals surface area contributed by atoms with Crippen molar-refractivity contribution in [2.75, 3.05) is 18.0 Å². The van der Waals surface area contributed by atoms with Crippen molar-refractivity contribution in [1.82, 2.24) is 10.3 Å². The van der Waals surface area contributed by atoms with E-state index in [4.69, 9.17) is 0 Å². The summed E-state index contributed by atoms with van der Waals surface area (Å²) < 4.78 is 40.1. The first-order chi connectivity index (χ1) is 12.5. The van der Waals surface area contributed by atoms with Crippen LogP contribution in [-0.2, 0) is 6.18 Å². The van der Waals surface area contributed by atoms with E-state index in [0.717, 1.165) is 25.5 Å². The summed E-state index contributed by atoms with van der Waals surface area (Å²) in [6.45, 7) is 10.5. The van der Waals surface area contributed by atoms with Crippen LogP contribution < -0.4 is 10.2 Å². The van der Waals surface area contributed by atoms with Crippen molar-refractivity contribution < 1.29 is 18.0 Å². The molecule has 1 amide bonds. The number of hydrogen-bond donors (Lipinski definition) is 1. The topological polar surface area (TPSA) is 45.2 Å². The van der Waals surface area contributed by atoms with Crippen LogP contribution in [-0.4, -0.2) is 24.0 Å². The number of halogens is 3. The number of amides is 1. The van der Waals surface area contributed by atoms with E-state index in [9.17, 15) is 18.0 Å². The summed E-state index contributed by atoms with van der Waals surface area (Å²) in [5.74, 6) is -0.222. The molecule has 1 aromatic heterocycles. The Balaban J connectivity index is 2.53. The lowest BCUT2D eigenvalue weighted by molar-refractivity contribution is -0.138. The van der Waals surface area contributed by atoms with Crippen LogP contribution in [0.25, 0.3) is 0 Å². The van der Waals surface area contributed by atoms with Gasteiger partial charge in [-0.15, -0.1) is 0 Å². The highest BCUT2D eigenvalue weighted by Crippen LogP contribution is 2.37. The first-order valence-corrected chi connectivity index (χ1v) is 9.22. The van der Waals surface area contributed by atoms with Crippen molar-refractivity contribution in [2.24, 2.45) is 5.41 Å². The number of anilines is 1. The number of alkyl halides is 3. The highest BCUT2D eigenvalue weighted by Gasteiger charge is 2.36. The smallest absolute Gasteiger partial charge is 0.356 e. The first kappa shape index (κ1) is 21.3. The minimum absolute atomic E-state index is 0.00531. The molecular weight excluding hydrogens is 355 g/mol. The molecule has 1 fully saturated rings. The Labute approximate surface area is 158 Å². The molecule has 1 aromatic rings. The molecule has 0 aromatic carbocycles. The minimum Gasteiger partial charge on any atom is -0.356 e. The van der Waals surface area contributed by atoms with Gasteiger partial charge in [-0.2, -0.15) is 13.2 Å². The Morgan fingerprint density at radius 1 is 1.30 bits per heavy atom. The molecule has 150 valence electrons. The van der Waals surface area contributed by atoms with E-state index in [0.29, 0.717) is 24.6 Å². The number of nitrogens with one attached hydrogen (secondary N) is 1. The van der Waals surface area contributed by atoms with Gasteiger partial charge in [0.15, 0.2) is 0 Å². The molecule has 1 N–H and O–H groups in total. The molecule has 7 heteroatoms. The fraction of sp³-hybridized carbons (Fsp3) is 0.600. The largest absolute Gasteiger partial charge is 0.418 e. The maximum absolute atomic E-state index is 13.4. The molecule has 0 saturated carbocycles. The van der Waals surface area contributed by atoms with Gasteiger partial charge in [-0.25, -0.2) is 4.98 Å². The zero-order valence-electron chi connectivity index (χ0n) is 16.6. The summed E-state index contributed by atoms with van der Waals surface area (Å²) in [6.07, 6.45) is 0.819. The van der Waals surface area contributed by atoms with Crippen molar-refractivity contribution in [3.05, 3.63) is 34.7 Å². The summed E-state index contributed by atoms with van der Waals surface area (Å²) in [6, 6.07) is 0. The lowest BCUT2D eigenvalue weighted by atomic mass is 9.85. The molecule has 0 spiro atoms. The number of hydrogen-bond acceptors (Lipinski definition) is 3. The van der Waals surface area contributed by atoms with Crippen LogP contribution in [0.1, 0.15) is 68.4 Å². The normalized spacial score (nSPS) is 18.2. The average molecular weight is 383 g/mol. The Morgan fingerprint density at radius 3 is 2.56 bits per heavy atom. The zero-order valence-corrected chi connectivity index (χ0v) is 16.6. The summed E-state index contributed by atoms with van der Waals surface area (Å²) >= 11 is 0. The van der Waals surface area contributed by atoms with E-state index in [2.05, 4.69) is 24.1 Å². The average Bonchev–Trinajstić information content (AvgIpc) is 2.73. The monoisotopic (exact) mass is 383 g/mol. The van der Waals surface area contributed by atoms with Crippen LogP contribution in [0.3, 0.4) is 0 Å². The SMILES string of the molecule is C/C=C(\C)NC(=O)c1c(N2CCCC(C)(C)CC2)ncc(C(F)(F)F)c1C. The predicted octanol–water partition coefficient (Wildman–Crippen LogP) is 5.08. The van der Waals surface area contributed by atoms with Crippen molar-refractivity contribution in [3.63, 3.8) is 0 Å². The van der Waals surface area contributed by atoms with Gasteiger partial charge >= 0.3 is 6.18 Å². The number of carbonyl (C=O) groups excluding carboxylic acids is 1. The number of nitrogens with zero attached hydrogens (tertiary/aromatic N) is 2. The predicted molar refractivity (Wildman–Crippen MR) is 101 cm³/mol. The van der Waals surface area contributed by atoms with E-state index in [-0.39, 0.29) is 16.5 Å². The Bertz CT molecular complexity index is 739. The van der Waals surface area contributed by atoms with Gasteiger partial charge in [-0.3, -0.25) is 4.79 Å². The van der Waals surface area contributed by atoms with Gasteiger partial charge in [0.25, 0.3) is 5.91 Å². The molecule has 1 saturated heterocycles. The molecular formula is C20H28F3N3O. The molecule has 0 aliphatic carbocycles. The van der Waals surface area contributed by atoms with Gasteiger partial charge in [-0.05, 0) is 51.0 Å². The molecule has 0 bridgehead atoms. The van der Waals surface area contributed by atoms with E-state index in [1.807, 2.05) is 4.90 Å². The molecule has 1 aliphatic rings. The third kappa shape index (κ3) is 5.02. The summed E-state index contributed by atoms with van der Waals surface area (Å²) in [4.78, 5) is 18.8. The van der Waals surface area contributed by atoms with E-state index in [1.54, 1.807) is 19.9 Å². The molecule has 0 unspecified atom stereocenters. The molecule has 2 rings (SSSR count). The second-order valence-corrected chi connectivity index (χ2v) is 7.92. The summed E-state index contributed by atoms with van der Waals surface area (Å²) in [5.41, 5.74) is -0.202. The van der Waals surface area contributed by atoms with Gasteiger partial charge in [0.2, 0.25) is 0 Å². The third-order valence-electron chi connectivity index (χ3n) is 5.23. The molecule has 2 heterocycles. The van der Waals surface area contributed by atoms with Gasteiger partial charge in [0.05, 0.1) is 11.1 Å². The number of pyridine rings is 1. The van der Waals surface area contributed by atoms with Crippen LogP contribution in [0.2, 0.25) is 0 Å². The fourth-order valence-corrected chi connectivity index (χ4v) is 3.34. The second-order valence-electron chi connectivity index (χ2n) is 7.92. The Morgan fingerprint density at radius 2 is 1.96 bits per heavy atom. The quantitative estimate of drug-likeness (QED) is 0.792. The summed E-state index contributed by atoms with van der Waals surface area (Å²) in [5, 5.41) is 2.66. The second kappa shape index (κ2) is 7.90. The van der Waals surface area contributed by atoms with Crippen LogP contribution in [0.4, 0.5) is 19.0 Å². The highest BCUT2D eigenvalue weighted by atomic mass is 19.4. The molecule has 1 aliphatic heterocycles. The van der Waals surface area contributed by atoms with E-state index < -0.39 is 17.6 Å². The van der Waals surface area contributed by atoms with E-state index in [1.165, 1.54) is 6.92 Å². The van der Waals surface area contributed by atoms with Crippen LogP contribution >= 0.6 is 0 Å². The van der Waals surface area contributed by atoms with Gasteiger partial charge in [0, 0.05) is 25.0 Å². The van der Waals surface area contributed by atoms with Crippen LogP contribution in [0, 0.1) is 12.3 Å². The van der Waals surface area contributed by atoms with Gasteiger partial charge < -0.3 is 10.2 Å². The molecule has 0 atom stereocenters. The van der Waals surface area contributed by atoms with Gasteiger partial charge in [0.1, 0.15) is 5.82 Å². The maximum atomic E-state index is 13.4. The van der Waals surface area contributed by atoms with Gasteiger partial charge in [-0.1, -0.05) is 19.9 Å². The zero-order chi connectivity index (χ0) is 20.4. The fourth-order valence-electron chi connectivity index (χ4n) is 3.34. The number of carbonyl (C=O) groups is 1. The molecule has 4 nitrogen and oxygen atoms in total. The molecule has 27 heavy (non-hydrogen) atoms. The Kier molecular flexibility index (Phi) is 6.22. The maximum Gasteiger partial charge on any atom is 0.418 e. The third-order valence-corrected chi connectivity index (χ3v) is 5.23. The minimum atomic E-state index is -4.55. The van der Waals surface area contributed by atoms with Crippen molar-refractivity contribution >= 4 is 11.7 Å². The van der Waals surface area contributed by atoms with Crippen LogP contribution in [0.5, 0.6) is 0 Å². The highest BCUT2D eigenvalue weighted by molar-refractivity contribution is 6.01. The van der Waals surface area contributed by atoms with E-state index >= 15 is 0 Å². The van der Waals surface area contributed by atoms with Crippen molar-refractivity contribution in [3.8, 4) is 0 Å². The standard InChI is InChI=1S/C20H28F3N3O/c1-6-13(2)25-18(27)16-14(3)15(20(21,22)23)12-24-17(16)26-10-7-8-19(4,5)9-11-26/h6,12H,7-11H2,1-5H3,(H,25,27)/b13-6+.